The van der Waals surface area contributed by atoms with E-state index < -0.39 is 0 Å². The van der Waals surface area contributed by atoms with Crippen LogP contribution < -0.4 is 4.74 Å². The summed E-state index contributed by atoms with van der Waals surface area (Å²) in [5.74, 6) is 1.62. The maximum Gasteiger partial charge on any atom is 0.146 e. The van der Waals surface area contributed by atoms with Crippen molar-refractivity contribution in [1.82, 2.24) is 0 Å². The number of carbonyl (C=O) groups excluding carboxylic acids is 1. The van der Waals surface area contributed by atoms with Crippen molar-refractivity contribution in [3.63, 3.8) is 0 Å². The average molecular weight is 286 g/mol. The van der Waals surface area contributed by atoms with Crippen molar-refractivity contribution in [3.05, 3.63) is 28.8 Å². The summed E-state index contributed by atoms with van der Waals surface area (Å²) < 4.78 is 5.49. The van der Waals surface area contributed by atoms with Crippen LogP contribution in [-0.4, -0.2) is 12.9 Å². The Morgan fingerprint density at radius 1 is 1.29 bits per heavy atom. The van der Waals surface area contributed by atoms with Crippen molar-refractivity contribution in [1.29, 1.82) is 0 Å². The third-order valence-electron chi connectivity index (χ3n) is 5.62. The van der Waals surface area contributed by atoms with Crippen LogP contribution >= 0.6 is 0 Å². The number of aryl methyl sites for hydroxylation is 1. The number of carbonyl (C=O) groups is 1. The second-order valence-corrected chi connectivity index (χ2v) is 6.86. The zero-order valence-electron chi connectivity index (χ0n) is 13.5. The number of fused-ring (bicyclic) bond motifs is 4. The molecular weight excluding hydrogens is 260 g/mol. The van der Waals surface area contributed by atoms with Gasteiger partial charge in [-0.05, 0) is 61.4 Å². The molecule has 0 saturated heterocycles. The molecule has 114 valence electrons. The minimum Gasteiger partial charge on any atom is -0.497 e. The summed E-state index contributed by atoms with van der Waals surface area (Å²) in [5, 5.41) is 0. The lowest BCUT2D eigenvalue weighted by atomic mass is 9.61. The van der Waals surface area contributed by atoms with Crippen LogP contribution in [-0.2, 0) is 23.1 Å². The van der Waals surface area contributed by atoms with E-state index in [-0.39, 0.29) is 11.3 Å². The van der Waals surface area contributed by atoms with Gasteiger partial charge in [-0.1, -0.05) is 26.2 Å². The van der Waals surface area contributed by atoms with Gasteiger partial charge in [-0.3, -0.25) is 4.79 Å². The number of hydrogen-bond donors (Lipinski definition) is 0. The number of rotatable bonds is 2. The predicted octanol–water partition coefficient (Wildman–Crippen LogP) is 4.22. The highest BCUT2D eigenvalue weighted by molar-refractivity contribution is 5.94. The zero-order chi connectivity index (χ0) is 15.0. The maximum absolute atomic E-state index is 13.0. The molecule has 2 aliphatic rings. The highest BCUT2D eigenvalue weighted by atomic mass is 16.5. The summed E-state index contributed by atoms with van der Waals surface area (Å²) in [7, 11) is 1.72. The fourth-order valence-corrected chi connectivity index (χ4v) is 4.33. The first kappa shape index (κ1) is 14.6. The van der Waals surface area contributed by atoms with Gasteiger partial charge in [0.05, 0.1) is 12.5 Å². The molecule has 0 aliphatic heterocycles. The molecule has 2 heteroatoms. The largest absolute Gasteiger partial charge is 0.497 e. The minimum absolute atomic E-state index is 0.237. The molecule has 21 heavy (non-hydrogen) atoms. The van der Waals surface area contributed by atoms with E-state index in [0.29, 0.717) is 5.78 Å². The van der Waals surface area contributed by atoms with E-state index in [0.717, 1.165) is 37.9 Å². The second kappa shape index (κ2) is 5.47. The molecule has 0 radical (unpaired) electrons. The summed E-state index contributed by atoms with van der Waals surface area (Å²) in [6, 6.07) is 4.29. The molecule has 2 bridgehead atoms. The fraction of sp³-hybridized carbons (Fsp3) is 0.632. The molecule has 0 aromatic heterocycles. The quantitative estimate of drug-likeness (QED) is 0.813. The summed E-state index contributed by atoms with van der Waals surface area (Å²) in [4.78, 5) is 13.0. The van der Waals surface area contributed by atoms with Crippen LogP contribution in [0.3, 0.4) is 0 Å². The van der Waals surface area contributed by atoms with Crippen LogP contribution in [0.1, 0.15) is 62.6 Å². The zero-order valence-corrected chi connectivity index (χ0v) is 13.5. The molecule has 2 aliphatic carbocycles. The molecule has 1 fully saturated rings. The number of ketones is 1. The van der Waals surface area contributed by atoms with Gasteiger partial charge in [0, 0.05) is 5.92 Å². The molecule has 2 nitrogen and oxygen atoms in total. The van der Waals surface area contributed by atoms with Crippen molar-refractivity contribution in [2.75, 3.05) is 7.11 Å². The van der Waals surface area contributed by atoms with Crippen LogP contribution in [0.2, 0.25) is 0 Å². The summed E-state index contributed by atoms with van der Waals surface area (Å²) in [6.07, 6.45) is 7.65. The van der Waals surface area contributed by atoms with E-state index >= 15 is 0 Å². The van der Waals surface area contributed by atoms with E-state index in [1.54, 1.807) is 7.11 Å². The van der Waals surface area contributed by atoms with Gasteiger partial charge in [0.15, 0.2) is 0 Å². The number of methoxy groups -OCH3 is 1. The van der Waals surface area contributed by atoms with Crippen molar-refractivity contribution >= 4 is 5.78 Å². The van der Waals surface area contributed by atoms with Crippen LogP contribution in [0.5, 0.6) is 5.75 Å². The van der Waals surface area contributed by atoms with E-state index in [4.69, 9.17) is 4.74 Å². The Bertz CT molecular complexity index is 561. The number of ether oxygens (including phenoxy) is 1. The van der Waals surface area contributed by atoms with Crippen LogP contribution in [0.25, 0.3) is 0 Å². The first-order valence-electron chi connectivity index (χ1n) is 8.34. The highest BCUT2D eigenvalue weighted by Crippen LogP contribution is 2.46. The summed E-state index contributed by atoms with van der Waals surface area (Å²) in [6.45, 7) is 4.37. The summed E-state index contributed by atoms with van der Waals surface area (Å²) >= 11 is 0. The smallest absolute Gasteiger partial charge is 0.146 e. The monoisotopic (exact) mass is 286 g/mol. The summed E-state index contributed by atoms with van der Waals surface area (Å²) in [5.41, 5.74) is 3.76. The topological polar surface area (TPSA) is 26.3 Å². The molecule has 0 spiro atoms. The van der Waals surface area contributed by atoms with Gasteiger partial charge in [0.2, 0.25) is 0 Å². The third-order valence-corrected chi connectivity index (χ3v) is 5.62. The average Bonchev–Trinajstić information content (AvgIpc) is 2.50. The Hall–Kier alpha value is -1.31. The van der Waals surface area contributed by atoms with Crippen molar-refractivity contribution in [3.8, 4) is 5.75 Å². The molecular formula is C19H26O2. The lowest BCUT2D eigenvalue weighted by Crippen LogP contribution is -2.44. The van der Waals surface area contributed by atoms with Crippen LogP contribution in [0.4, 0.5) is 0 Å². The SMILES string of the molecule is CCc1cc(OC)cc2c1CC1CCCCCC2(C)C1=O. The predicted molar refractivity (Wildman–Crippen MR) is 85.0 cm³/mol. The molecule has 3 rings (SSSR count). The second-order valence-electron chi connectivity index (χ2n) is 6.86. The molecule has 0 N–H and O–H groups in total. The van der Waals surface area contributed by atoms with Crippen molar-refractivity contribution in [2.24, 2.45) is 5.92 Å². The Morgan fingerprint density at radius 2 is 2.10 bits per heavy atom. The Labute approximate surface area is 127 Å². The number of hydrogen-bond acceptors (Lipinski definition) is 2. The first-order valence-corrected chi connectivity index (χ1v) is 8.34. The first-order chi connectivity index (χ1) is 10.1. The third kappa shape index (κ3) is 2.29. The fourth-order valence-electron chi connectivity index (χ4n) is 4.33. The molecule has 2 atom stereocenters. The van der Waals surface area contributed by atoms with E-state index in [1.165, 1.54) is 29.5 Å². The lowest BCUT2D eigenvalue weighted by molar-refractivity contribution is -0.129. The van der Waals surface area contributed by atoms with E-state index in [2.05, 4.69) is 26.0 Å². The molecule has 2 unspecified atom stereocenters. The molecule has 1 aromatic carbocycles. The normalized spacial score (nSPS) is 28.5. The lowest BCUT2D eigenvalue weighted by Gasteiger charge is -2.41. The van der Waals surface area contributed by atoms with Gasteiger partial charge < -0.3 is 4.74 Å². The van der Waals surface area contributed by atoms with E-state index in [9.17, 15) is 4.79 Å². The van der Waals surface area contributed by atoms with Gasteiger partial charge in [-0.25, -0.2) is 0 Å². The highest BCUT2D eigenvalue weighted by Gasteiger charge is 2.45. The molecule has 0 heterocycles. The number of benzene rings is 1. The molecule has 0 amide bonds. The number of Topliss-reactive ketones (excluding diaryl/α,β-unsaturated/α-hetero) is 1. The van der Waals surface area contributed by atoms with Crippen molar-refractivity contribution < 1.29 is 9.53 Å². The minimum atomic E-state index is -0.295. The Kier molecular flexibility index (Phi) is 3.81. The van der Waals surface area contributed by atoms with Crippen LogP contribution in [0, 0.1) is 5.92 Å². The van der Waals surface area contributed by atoms with Gasteiger partial charge in [0.25, 0.3) is 0 Å². The Balaban J connectivity index is 2.19. The Morgan fingerprint density at radius 3 is 2.81 bits per heavy atom. The molecule has 1 aromatic rings. The van der Waals surface area contributed by atoms with Gasteiger partial charge in [-0.2, -0.15) is 0 Å². The van der Waals surface area contributed by atoms with Gasteiger partial charge in [-0.15, -0.1) is 0 Å². The van der Waals surface area contributed by atoms with Crippen LogP contribution in [0.15, 0.2) is 12.1 Å². The van der Waals surface area contributed by atoms with Crippen molar-refractivity contribution in [2.45, 2.75) is 64.2 Å². The maximum atomic E-state index is 13.0. The van der Waals surface area contributed by atoms with Gasteiger partial charge in [0.1, 0.15) is 11.5 Å². The standard InChI is InChI=1S/C19H26O2/c1-4-13-10-15(21-3)12-17-16(13)11-14-8-6-5-7-9-19(17,2)18(14)20/h10,12,14H,4-9,11H2,1-3H3. The van der Waals surface area contributed by atoms with Gasteiger partial charge >= 0.3 is 0 Å². The van der Waals surface area contributed by atoms with E-state index in [1.807, 2.05) is 0 Å². The molecule has 1 saturated carbocycles.